The molecule has 0 N–H and O–H groups in total. The molecule has 2 saturated heterocycles. The van der Waals surface area contributed by atoms with Crippen molar-refractivity contribution in [2.45, 2.75) is 30.3 Å². The molecule has 2 aliphatic rings. The zero-order chi connectivity index (χ0) is 26.0. The lowest BCUT2D eigenvalue weighted by Crippen LogP contribution is -2.53. The van der Waals surface area contributed by atoms with Crippen LogP contribution in [0.3, 0.4) is 0 Å². The van der Waals surface area contributed by atoms with Crippen molar-refractivity contribution in [1.82, 2.24) is 14.1 Å². The SMILES string of the molecule is COC(=O)CN([C@H]1CCN([C@@H](C)C(=O)N2CCOCC2)C1=O)S(=O)(=O)c1ccc2cc(Cl)ccc2c1. The van der Waals surface area contributed by atoms with E-state index in [9.17, 15) is 22.8 Å². The van der Waals surface area contributed by atoms with Gasteiger partial charge in [-0.05, 0) is 48.4 Å². The molecule has 0 bridgehead atoms. The van der Waals surface area contributed by atoms with Gasteiger partial charge in [0.15, 0.2) is 0 Å². The maximum Gasteiger partial charge on any atom is 0.321 e. The predicted molar refractivity (Wildman–Crippen MR) is 132 cm³/mol. The van der Waals surface area contributed by atoms with Gasteiger partial charge in [0.2, 0.25) is 21.8 Å². The van der Waals surface area contributed by atoms with Gasteiger partial charge >= 0.3 is 5.97 Å². The van der Waals surface area contributed by atoms with Gasteiger partial charge in [-0.15, -0.1) is 0 Å². The van der Waals surface area contributed by atoms with Crippen LogP contribution < -0.4 is 0 Å². The molecule has 194 valence electrons. The molecule has 0 radical (unpaired) electrons. The molecule has 4 rings (SSSR count). The highest BCUT2D eigenvalue weighted by atomic mass is 35.5. The first-order valence-corrected chi connectivity index (χ1v) is 13.4. The lowest BCUT2D eigenvalue weighted by atomic mass is 10.1. The zero-order valence-electron chi connectivity index (χ0n) is 20.1. The molecular weight excluding hydrogens is 510 g/mol. The molecule has 2 aromatic rings. The second-order valence-electron chi connectivity index (χ2n) is 8.73. The number of sulfonamides is 1. The maximum atomic E-state index is 13.7. The third-order valence-corrected chi connectivity index (χ3v) is 8.69. The molecule has 0 aliphatic carbocycles. The molecule has 2 atom stereocenters. The minimum absolute atomic E-state index is 0.0649. The number of likely N-dealkylation sites (tertiary alicyclic amines) is 1. The summed E-state index contributed by atoms with van der Waals surface area (Å²) in [7, 11) is -3.12. The van der Waals surface area contributed by atoms with Crippen molar-refractivity contribution in [1.29, 1.82) is 0 Å². The first kappa shape index (κ1) is 26.3. The van der Waals surface area contributed by atoms with Gasteiger partial charge in [0.05, 0.1) is 25.2 Å². The maximum absolute atomic E-state index is 13.7. The Morgan fingerprint density at radius 3 is 2.50 bits per heavy atom. The van der Waals surface area contributed by atoms with E-state index in [0.29, 0.717) is 36.7 Å². The summed E-state index contributed by atoms with van der Waals surface area (Å²) >= 11 is 6.03. The molecule has 2 heterocycles. The van der Waals surface area contributed by atoms with Crippen molar-refractivity contribution in [2.24, 2.45) is 0 Å². The van der Waals surface area contributed by atoms with E-state index < -0.39 is 40.5 Å². The average molecular weight is 538 g/mol. The number of ether oxygens (including phenoxy) is 2. The fraction of sp³-hybridized carbons (Fsp3) is 0.458. The van der Waals surface area contributed by atoms with Gasteiger partial charge in [-0.1, -0.05) is 23.7 Å². The highest BCUT2D eigenvalue weighted by molar-refractivity contribution is 7.89. The van der Waals surface area contributed by atoms with E-state index in [1.807, 2.05) is 0 Å². The third-order valence-electron chi connectivity index (χ3n) is 6.60. The molecule has 2 amide bonds. The average Bonchev–Trinajstić information content (AvgIpc) is 3.26. The number of hydrogen-bond donors (Lipinski definition) is 0. The Labute approximate surface area is 214 Å². The smallest absolute Gasteiger partial charge is 0.321 e. The summed E-state index contributed by atoms with van der Waals surface area (Å²) in [6.07, 6.45) is 0.138. The van der Waals surface area contributed by atoms with Gasteiger partial charge in [-0.3, -0.25) is 14.4 Å². The molecule has 0 aromatic heterocycles. The van der Waals surface area contributed by atoms with Gasteiger partial charge in [-0.25, -0.2) is 8.42 Å². The van der Waals surface area contributed by atoms with E-state index in [1.165, 1.54) is 17.0 Å². The lowest BCUT2D eigenvalue weighted by molar-refractivity contribution is -0.147. The third kappa shape index (κ3) is 5.19. The molecule has 2 aromatic carbocycles. The highest BCUT2D eigenvalue weighted by Gasteiger charge is 2.45. The number of esters is 1. The second kappa shape index (κ2) is 10.7. The van der Waals surface area contributed by atoms with Gasteiger partial charge in [0, 0.05) is 24.7 Å². The van der Waals surface area contributed by atoms with E-state index in [0.717, 1.165) is 16.8 Å². The minimum atomic E-state index is -4.27. The molecule has 0 spiro atoms. The molecule has 0 saturated carbocycles. The zero-order valence-corrected chi connectivity index (χ0v) is 21.6. The number of hydrogen-bond acceptors (Lipinski definition) is 7. The number of morpholine rings is 1. The Hall–Kier alpha value is -2.73. The van der Waals surface area contributed by atoms with Crippen molar-refractivity contribution in [2.75, 3.05) is 46.5 Å². The lowest BCUT2D eigenvalue weighted by Gasteiger charge is -2.33. The number of methoxy groups -OCH3 is 1. The number of halogens is 1. The number of nitrogens with zero attached hydrogens (tertiary/aromatic N) is 3. The predicted octanol–water partition coefficient (Wildman–Crippen LogP) is 1.51. The van der Waals surface area contributed by atoms with E-state index >= 15 is 0 Å². The number of fused-ring (bicyclic) bond motifs is 1. The topological polar surface area (TPSA) is 114 Å². The van der Waals surface area contributed by atoms with E-state index in [4.69, 9.17) is 21.1 Å². The summed E-state index contributed by atoms with van der Waals surface area (Å²) in [6, 6.07) is 7.66. The Morgan fingerprint density at radius 2 is 1.81 bits per heavy atom. The van der Waals surface area contributed by atoms with Crippen LogP contribution in [0.4, 0.5) is 0 Å². The van der Waals surface area contributed by atoms with Crippen LogP contribution in [-0.2, 0) is 33.9 Å². The van der Waals surface area contributed by atoms with Crippen LogP contribution in [-0.4, -0.2) is 98.9 Å². The molecular formula is C24H28ClN3O7S. The monoisotopic (exact) mass is 537 g/mol. The van der Waals surface area contributed by atoms with Crippen LogP contribution >= 0.6 is 11.6 Å². The number of rotatable bonds is 7. The molecule has 2 aliphatic heterocycles. The Morgan fingerprint density at radius 1 is 1.14 bits per heavy atom. The number of carbonyl (C=O) groups excluding carboxylic acids is 3. The van der Waals surface area contributed by atoms with E-state index in [2.05, 4.69) is 0 Å². The molecule has 12 heteroatoms. The number of amides is 2. The second-order valence-corrected chi connectivity index (χ2v) is 11.1. The summed E-state index contributed by atoms with van der Waals surface area (Å²) in [4.78, 5) is 41.5. The van der Waals surface area contributed by atoms with Gasteiger partial charge in [0.25, 0.3) is 0 Å². The normalized spacial score (nSPS) is 19.7. The van der Waals surface area contributed by atoms with Gasteiger partial charge in [0.1, 0.15) is 18.6 Å². The largest absolute Gasteiger partial charge is 0.468 e. The van der Waals surface area contributed by atoms with E-state index in [-0.39, 0.29) is 23.8 Å². The van der Waals surface area contributed by atoms with Crippen LogP contribution in [0, 0.1) is 0 Å². The molecule has 0 unspecified atom stereocenters. The fourth-order valence-corrected chi connectivity index (χ4v) is 6.34. The molecule has 2 fully saturated rings. The first-order valence-electron chi connectivity index (χ1n) is 11.6. The Bertz CT molecular complexity index is 1280. The summed E-state index contributed by atoms with van der Waals surface area (Å²) in [5, 5.41) is 1.91. The van der Waals surface area contributed by atoms with Crippen LogP contribution in [0.15, 0.2) is 41.3 Å². The quantitative estimate of drug-likeness (QED) is 0.492. The van der Waals surface area contributed by atoms with Crippen molar-refractivity contribution in [3.05, 3.63) is 41.4 Å². The van der Waals surface area contributed by atoms with Crippen molar-refractivity contribution in [3.63, 3.8) is 0 Å². The first-order chi connectivity index (χ1) is 17.1. The van der Waals surface area contributed by atoms with Gasteiger partial charge in [-0.2, -0.15) is 4.31 Å². The van der Waals surface area contributed by atoms with Crippen LogP contribution in [0.1, 0.15) is 13.3 Å². The standard InChI is InChI=1S/C24H28ClN3O7S/c1-16(23(30)26-9-11-35-12-10-26)27-8-7-21(24(27)31)28(15-22(29)34-2)36(32,33)20-6-4-17-13-19(25)5-3-18(17)14-20/h3-6,13-14,16,21H,7-12,15H2,1-2H3/t16-,21-/m0/s1. The summed E-state index contributed by atoms with van der Waals surface area (Å²) in [5.41, 5.74) is 0. The van der Waals surface area contributed by atoms with Crippen LogP contribution in [0.25, 0.3) is 10.8 Å². The minimum Gasteiger partial charge on any atom is -0.468 e. The Kier molecular flexibility index (Phi) is 7.84. The fourth-order valence-electron chi connectivity index (χ4n) is 4.56. The van der Waals surface area contributed by atoms with Crippen LogP contribution in [0.2, 0.25) is 5.02 Å². The summed E-state index contributed by atoms with van der Waals surface area (Å²) < 4.78 is 38.3. The summed E-state index contributed by atoms with van der Waals surface area (Å²) in [6.45, 7) is 2.91. The van der Waals surface area contributed by atoms with Crippen molar-refractivity contribution in [3.8, 4) is 0 Å². The summed E-state index contributed by atoms with van der Waals surface area (Å²) in [5.74, 6) is -1.54. The highest BCUT2D eigenvalue weighted by Crippen LogP contribution is 2.29. The van der Waals surface area contributed by atoms with Crippen molar-refractivity contribution < 1.29 is 32.3 Å². The number of benzene rings is 2. The van der Waals surface area contributed by atoms with Crippen molar-refractivity contribution >= 4 is 50.2 Å². The Balaban J connectivity index is 1.62. The van der Waals surface area contributed by atoms with Gasteiger partial charge < -0.3 is 19.3 Å². The number of carbonyl (C=O) groups is 3. The van der Waals surface area contributed by atoms with Crippen LogP contribution in [0.5, 0.6) is 0 Å². The molecule has 36 heavy (non-hydrogen) atoms. The van der Waals surface area contributed by atoms with E-state index in [1.54, 1.807) is 36.1 Å². The molecule has 10 nitrogen and oxygen atoms in total.